The Labute approximate surface area is 123 Å². The van der Waals surface area contributed by atoms with Crippen molar-refractivity contribution in [3.8, 4) is 0 Å². The highest BCUT2D eigenvalue weighted by Gasteiger charge is 2.22. The summed E-state index contributed by atoms with van der Waals surface area (Å²) in [6.07, 6.45) is -0.818. The van der Waals surface area contributed by atoms with E-state index >= 15 is 0 Å². The van der Waals surface area contributed by atoms with E-state index in [9.17, 15) is 13.6 Å². The molecule has 0 saturated carbocycles. The van der Waals surface area contributed by atoms with Gasteiger partial charge in [0.25, 0.3) is 12.3 Å². The number of hydrogen-bond donors (Lipinski definition) is 2. The number of aromatic nitrogens is 2. The zero-order valence-electron chi connectivity index (χ0n) is 10.9. The van der Waals surface area contributed by atoms with Crippen LogP contribution in [0.15, 0.2) is 17.5 Å². The molecule has 0 spiro atoms. The van der Waals surface area contributed by atoms with Crippen LogP contribution in [0.25, 0.3) is 0 Å². The maximum Gasteiger partial charge on any atom is 0.273 e. The number of thiophene rings is 1. The lowest BCUT2D eigenvalue weighted by atomic mass is 10.2. The number of nitrogens with one attached hydrogen (secondary N) is 2. The van der Waals surface area contributed by atoms with Crippen molar-refractivity contribution in [3.05, 3.63) is 33.6 Å². The van der Waals surface area contributed by atoms with Crippen molar-refractivity contribution in [2.75, 3.05) is 11.9 Å². The second-order valence-corrected chi connectivity index (χ2v) is 5.61. The largest absolute Gasteiger partial charge is 0.372 e. The lowest BCUT2D eigenvalue weighted by Crippen LogP contribution is -2.13. The minimum atomic E-state index is -2.66. The van der Waals surface area contributed by atoms with E-state index in [4.69, 9.17) is 4.74 Å². The first-order valence-corrected chi connectivity index (χ1v) is 7.37. The number of ether oxygens (including phenoxy) is 1. The Hall–Kier alpha value is -1.80. The summed E-state index contributed by atoms with van der Waals surface area (Å²) in [4.78, 5) is 11.8. The monoisotopic (exact) mass is 313 g/mol. The van der Waals surface area contributed by atoms with E-state index in [0.717, 1.165) is 29.9 Å². The summed E-state index contributed by atoms with van der Waals surface area (Å²) in [6.45, 7) is 0.706. The molecule has 1 unspecified atom stereocenters. The summed E-state index contributed by atoms with van der Waals surface area (Å²) < 4.78 is 31.0. The number of carbonyl (C=O) groups is 1. The third kappa shape index (κ3) is 2.96. The number of halogens is 2. The molecular formula is C13H13F2N3O2S. The van der Waals surface area contributed by atoms with Gasteiger partial charge in [-0.1, -0.05) is 0 Å². The highest BCUT2D eigenvalue weighted by Crippen LogP contribution is 2.30. The number of hydrogen-bond acceptors (Lipinski definition) is 4. The minimum absolute atomic E-state index is 0.0170. The molecule has 0 aromatic carbocycles. The van der Waals surface area contributed by atoms with Gasteiger partial charge >= 0.3 is 0 Å². The normalized spacial score (nSPS) is 18.3. The summed E-state index contributed by atoms with van der Waals surface area (Å²) in [6, 6.07) is 3.05. The van der Waals surface area contributed by atoms with E-state index in [1.54, 1.807) is 6.07 Å². The summed E-state index contributed by atoms with van der Waals surface area (Å²) in [7, 11) is 0. The molecule has 0 radical (unpaired) electrons. The van der Waals surface area contributed by atoms with Crippen LogP contribution in [-0.2, 0) is 4.74 Å². The number of alkyl halides is 2. The van der Waals surface area contributed by atoms with Crippen LogP contribution < -0.4 is 5.32 Å². The minimum Gasteiger partial charge on any atom is -0.372 e. The van der Waals surface area contributed by atoms with Gasteiger partial charge in [-0.3, -0.25) is 9.89 Å². The third-order valence-electron chi connectivity index (χ3n) is 3.25. The number of amides is 1. The first-order valence-electron chi connectivity index (χ1n) is 6.49. The van der Waals surface area contributed by atoms with Gasteiger partial charge < -0.3 is 10.1 Å². The lowest BCUT2D eigenvalue weighted by Gasteiger charge is -2.04. The van der Waals surface area contributed by atoms with Gasteiger partial charge in [0.05, 0.1) is 22.2 Å². The molecule has 1 aliphatic rings. The highest BCUT2D eigenvalue weighted by atomic mass is 32.1. The molecule has 5 nitrogen and oxygen atoms in total. The van der Waals surface area contributed by atoms with Crippen molar-refractivity contribution in [1.82, 2.24) is 10.2 Å². The molecule has 2 N–H and O–H groups in total. The Morgan fingerprint density at radius 2 is 2.43 bits per heavy atom. The molecule has 2 aromatic heterocycles. The van der Waals surface area contributed by atoms with Crippen LogP contribution in [0.2, 0.25) is 0 Å². The predicted molar refractivity (Wildman–Crippen MR) is 73.7 cm³/mol. The van der Waals surface area contributed by atoms with Crippen molar-refractivity contribution in [2.45, 2.75) is 25.4 Å². The van der Waals surface area contributed by atoms with Crippen LogP contribution in [-0.4, -0.2) is 22.7 Å². The molecule has 8 heteroatoms. The Morgan fingerprint density at radius 3 is 3.14 bits per heavy atom. The number of H-pyrrole nitrogens is 1. The van der Waals surface area contributed by atoms with Gasteiger partial charge in [0.15, 0.2) is 5.82 Å². The van der Waals surface area contributed by atoms with E-state index in [2.05, 4.69) is 15.5 Å². The number of anilines is 1. The van der Waals surface area contributed by atoms with Gasteiger partial charge in [0.1, 0.15) is 0 Å². The fraction of sp³-hybridized carbons (Fsp3) is 0.385. The van der Waals surface area contributed by atoms with Crippen molar-refractivity contribution >= 4 is 23.1 Å². The number of carbonyl (C=O) groups excluding carboxylic acids is 1. The van der Waals surface area contributed by atoms with Crippen molar-refractivity contribution in [1.29, 1.82) is 0 Å². The smallest absolute Gasteiger partial charge is 0.273 e. The fourth-order valence-electron chi connectivity index (χ4n) is 2.25. The van der Waals surface area contributed by atoms with Crippen molar-refractivity contribution in [3.63, 3.8) is 0 Å². The Morgan fingerprint density at radius 1 is 1.57 bits per heavy atom. The second kappa shape index (κ2) is 5.90. The summed E-state index contributed by atoms with van der Waals surface area (Å²) in [5.41, 5.74) is 0.763. The third-order valence-corrected chi connectivity index (χ3v) is 4.18. The standard InChI is InChI=1S/C13H13F2N3O2S/c14-12(15)11-7(3-5-21-11)13(19)16-10-6-8(17-18-10)9-2-1-4-20-9/h3,5-6,9,12H,1-2,4H2,(H2,16,17,18,19). The van der Waals surface area contributed by atoms with Crippen LogP contribution in [0.3, 0.4) is 0 Å². The molecular weight excluding hydrogens is 300 g/mol. The molecule has 3 rings (SSSR count). The summed E-state index contributed by atoms with van der Waals surface area (Å²) >= 11 is 0.863. The van der Waals surface area contributed by atoms with Gasteiger partial charge in [-0.25, -0.2) is 8.78 Å². The Balaban J connectivity index is 1.71. The first kappa shape index (κ1) is 14.2. The van der Waals surface area contributed by atoms with Crippen LogP contribution in [0.1, 0.15) is 46.3 Å². The lowest BCUT2D eigenvalue weighted by molar-refractivity contribution is 0.101. The molecule has 2 aromatic rings. The average Bonchev–Trinajstić information content (AvgIpc) is 3.19. The van der Waals surface area contributed by atoms with Gasteiger partial charge in [-0.05, 0) is 24.3 Å². The average molecular weight is 313 g/mol. The molecule has 112 valence electrons. The quantitative estimate of drug-likeness (QED) is 0.907. The SMILES string of the molecule is O=C(Nc1cc(C2CCCO2)[nH]n1)c1ccsc1C(F)F. The van der Waals surface area contributed by atoms with E-state index in [1.165, 1.54) is 11.4 Å². The molecule has 21 heavy (non-hydrogen) atoms. The fourth-order valence-corrected chi connectivity index (χ4v) is 2.99. The molecule has 0 aliphatic carbocycles. The highest BCUT2D eigenvalue weighted by molar-refractivity contribution is 7.10. The maximum atomic E-state index is 12.8. The van der Waals surface area contributed by atoms with Crippen LogP contribution in [0, 0.1) is 0 Å². The first-order chi connectivity index (χ1) is 10.1. The Bertz CT molecular complexity index is 635. The zero-order valence-corrected chi connectivity index (χ0v) is 11.8. The van der Waals surface area contributed by atoms with E-state index in [0.29, 0.717) is 12.4 Å². The van der Waals surface area contributed by atoms with Crippen LogP contribution in [0.5, 0.6) is 0 Å². The Kier molecular flexibility index (Phi) is 3.98. The second-order valence-electron chi connectivity index (χ2n) is 4.66. The summed E-state index contributed by atoms with van der Waals surface area (Å²) in [5, 5.41) is 10.8. The molecule has 1 saturated heterocycles. The predicted octanol–water partition coefficient (Wildman–Crippen LogP) is 3.51. The number of aromatic amines is 1. The van der Waals surface area contributed by atoms with Gasteiger partial charge in [-0.15, -0.1) is 11.3 Å². The number of rotatable bonds is 4. The van der Waals surface area contributed by atoms with Gasteiger partial charge in [-0.2, -0.15) is 5.10 Å². The summed E-state index contributed by atoms with van der Waals surface area (Å²) in [5.74, 6) is -0.283. The maximum absolute atomic E-state index is 12.8. The molecule has 1 atom stereocenters. The van der Waals surface area contributed by atoms with E-state index in [1.807, 2.05) is 0 Å². The van der Waals surface area contributed by atoms with Crippen LogP contribution >= 0.6 is 11.3 Å². The molecule has 1 fully saturated rings. The molecule has 1 amide bonds. The van der Waals surface area contributed by atoms with Crippen LogP contribution in [0.4, 0.5) is 14.6 Å². The van der Waals surface area contributed by atoms with E-state index < -0.39 is 12.3 Å². The van der Waals surface area contributed by atoms with E-state index in [-0.39, 0.29) is 16.5 Å². The van der Waals surface area contributed by atoms with Crippen molar-refractivity contribution < 1.29 is 18.3 Å². The molecule has 0 bridgehead atoms. The molecule has 1 aliphatic heterocycles. The van der Waals surface area contributed by atoms with Gasteiger partial charge in [0, 0.05) is 12.7 Å². The van der Waals surface area contributed by atoms with Gasteiger partial charge in [0.2, 0.25) is 0 Å². The zero-order chi connectivity index (χ0) is 14.8. The van der Waals surface area contributed by atoms with Crippen molar-refractivity contribution in [2.24, 2.45) is 0 Å². The number of nitrogens with zero attached hydrogens (tertiary/aromatic N) is 1. The topological polar surface area (TPSA) is 67.0 Å². The molecule has 3 heterocycles.